The fourth-order valence-electron chi connectivity index (χ4n) is 0.655. The third-order valence-corrected chi connectivity index (χ3v) is 1.18. The fourth-order valence-corrected chi connectivity index (χ4v) is 0.655. The van der Waals surface area contributed by atoms with E-state index in [0.29, 0.717) is 5.56 Å². The van der Waals surface area contributed by atoms with Crippen molar-refractivity contribution in [2.24, 2.45) is 5.16 Å². The Balaban J connectivity index is 2.89. The second-order valence-corrected chi connectivity index (χ2v) is 2.01. The maximum atomic E-state index is 12.5. The Bertz CT molecular complexity index is 299. The van der Waals surface area contributed by atoms with Gasteiger partial charge in [0.2, 0.25) is 0 Å². The third-order valence-electron chi connectivity index (χ3n) is 1.18. The minimum atomic E-state index is -0.996. The lowest BCUT2D eigenvalue weighted by Gasteiger charge is -1.93. The molecule has 0 N–H and O–H groups in total. The zero-order chi connectivity index (χ0) is 8.97. The quantitative estimate of drug-likeness (QED) is 0.489. The lowest BCUT2D eigenvalue weighted by Crippen LogP contribution is -1.88. The summed E-state index contributed by atoms with van der Waals surface area (Å²) in [5, 5.41) is 3.38. The van der Waals surface area contributed by atoms with Gasteiger partial charge in [0.05, 0.1) is 6.21 Å². The average molecular weight is 170 g/mol. The van der Waals surface area contributed by atoms with E-state index in [1.165, 1.54) is 19.4 Å². The molecule has 0 aliphatic carbocycles. The monoisotopic (exact) mass is 170 g/mol. The number of nitrogens with zero attached hydrogens (tertiary/aromatic N) is 1. The molecule has 1 aromatic carbocycles. The van der Waals surface area contributed by atoms with Crippen LogP contribution >= 0.6 is 0 Å². The van der Waals surface area contributed by atoms with Gasteiger partial charge < -0.3 is 4.84 Å². The first kappa shape index (κ1) is 8.64. The summed E-state index contributed by atoms with van der Waals surface area (Å²) in [5.74, 6) is -1.94. The van der Waals surface area contributed by atoms with E-state index in [1.54, 1.807) is 0 Å². The zero-order valence-electron chi connectivity index (χ0n) is 6.34. The van der Waals surface area contributed by atoms with E-state index in [2.05, 4.69) is 16.1 Å². The Kier molecular flexibility index (Phi) is 2.74. The molecular weight excluding hydrogens is 164 g/mol. The van der Waals surface area contributed by atoms with Gasteiger partial charge in [-0.15, -0.1) is 0 Å². The van der Waals surface area contributed by atoms with E-state index < -0.39 is 11.6 Å². The van der Waals surface area contributed by atoms with Gasteiger partial charge in [0.1, 0.15) is 7.11 Å². The Morgan fingerprint density at radius 3 is 2.92 bits per heavy atom. The zero-order valence-corrected chi connectivity index (χ0v) is 6.34. The van der Waals surface area contributed by atoms with Crippen molar-refractivity contribution in [2.45, 2.75) is 0 Å². The highest BCUT2D eigenvalue weighted by molar-refractivity contribution is 5.78. The Morgan fingerprint density at radius 2 is 2.33 bits per heavy atom. The van der Waals surface area contributed by atoms with Gasteiger partial charge in [0.25, 0.3) is 0 Å². The maximum Gasteiger partial charge on any atom is 0.166 e. The van der Waals surface area contributed by atoms with Gasteiger partial charge in [-0.1, -0.05) is 5.16 Å². The van der Waals surface area contributed by atoms with E-state index in [-0.39, 0.29) is 0 Å². The van der Waals surface area contributed by atoms with Crippen molar-refractivity contribution in [3.63, 3.8) is 0 Å². The lowest BCUT2D eigenvalue weighted by molar-refractivity contribution is 0.215. The summed E-state index contributed by atoms with van der Waals surface area (Å²) in [6, 6.07) is 4.38. The van der Waals surface area contributed by atoms with Crippen molar-refractivity contribution in [3.05, 3.63) is 35.4 Å². The average Bonchev–Trinajstić information content (AvgIpc) is 2.07. The smallest absolute Gasteiger partial charge is 0.166 e. The van der Waals surface area contributed by atoms with Crippen LogP contribution in [0.25, 0.3) is 0 Å². The van der Waals surface area contributed by atoms with Crippen LogP contribution < -0.4 is 0 Å². The van der Waals surface area contributed by atoms with Gasteiger partial charge in [0.15, 0.2) is 11.6 Å². The van der Waals surface area contributed by atoms with E-state index in [9.17, 15) is 8.78 Å². The molecule has 0 saturated carbocycles. The van der Waals surface area contributed by atoms with E-state index in [1.807, 2.05) is 0 Å². The first-order chi connectivity index (χ1) is 5.74. The minimum Gasteiger partial charge on any atom is -0.399 e. The molecule has 1 rings (SSSR count). The van der Waals surface area contributed by atoms with Crippen molar-refractivity contribution < 1.29 is 13.6 Å². The van der Waals surface area contributed by atoms with E-state index in [0.717, 1.165) is 6.07 Å². The first-order valence-corrected chi connectivity index (χ1v) is 3.17. The summed E-state index contributed by atoms with van der Waals surface area (Å²) in [7, 11) is 1.36. The van der Waals surface area contributed by atoms with Gasteiger partial charge in [-0.3, -0.25) is 0 Å². The number of rotatable bonds is 2. The Labute approximate surface area is 68.5 Å². The van der Waals surface area contributed by atoms with Gasteiger partial charge in [-0.2, -0.15) is 0 Å². The number of hydrogen-bond donors (Lipinski definition) is 0. The fraction of sp³-hybridized carbons (Fsp3) is 0.125. The van der Waals surface area contributed by atoms with E-state index in [4.69, 9.17) is 0 Å². The van der Waals surface area contributed by atoms with Crippen molar-refractivity contribution in [1.82, 2.24) is 0 Å². The third kappa shape index (κ3) is 2.02. The topological polar surface area (TPSA) is 21.6 Å². The van der Waals surface area contributed by atoms with Crippen molar-refractivity contribution in [2.75, 3.05) is 7.11 Å². The number of hydrogen-bond acceptors (Lipinski definition) is 2. The SMILES string of the molecule is CO/N=C/c1c[c]c(F)c(F)c1. The highest BCUT2D eigenvalue weighted by atomic mass is 19.2. The van der Waals surface area contributed by atoms with Crippen molar-refractivity contribution in [3.8, 4) is 0 Å². The summed E-state index contributed by atoms with van der Waals surface area (Å²) in [4.78, 5) is 4.36. The standard InChI is InChI=1S/C8H6F2NO/c1-12-11-5-6-2-3-7(9)8(10)4-6/h2,4-5H,1H3/b11-5+. The van der Waals surface area contributed by atoms with Gasteiger partial charge in [0, 0.05) is 6.07 Å². The maximum absolute atomic E-state index is 12.5. The minimum absolute atomic E-state index is 0.399. The van der Waals surface area contributed by atoms with Crippen LogP contribution in [0.5, 0.6) is 0 Å². The van der Waals surface area contributed by atoms with Crippen LogP contribution in [0.1, 0.15) is 5.56 Å². The van der Waals surface area contributed by atoms with E-state index >= 15 is 0 Å². The number of benzene rings is 1. The number of halogens is 2. The molecule has 2 nitrogen and oxygen atoms in total. The molecule has 0 bridgehead atoms. The summed E-state index contributed by atoms with van der Waals surface area (Å²) >= 11 is 0. The van der Waals surface area contributed by atoms with Crippen molar-refractivity contribution >= 4 is 6.21 Å². The van der Waals surface area contributed by atoms with Gasteiger partial charge in [-0.25, -0.2) is 8.78 Å². The molecule has 0 saturated heterocycles. The molecule has 0 heterocycles. The van der Waals surface area contributed by atoms with Gasteiger partial charge >= 0.3 is 0 Å². The molecule has 0 aromatic heterocycles. The Hall–Kier alpha value is -1.45. The normalized spacial score (nSPS) is 10.6. The molecule has 4 heteroatoms. The molecule has 63 valence electrons. The van der Waals surface area contributed by atoms with Crippen molar-refractivity contribution in [1.29, 1.82) is 0 Å². The molecule has 0 aliphatic rings. The highest BCUT2D eigenvalue weighted by Crippen LogP contribution is 2.05. The molecule has 0 amide bonds. The Morgan fingerprint density at radius 1 is 1.58 bits per heavy atom. The molecule has 0 unspecified atom stereocenters. The van der Waals surface area contributed by atoms with Crippen LogP contribution in [0.3, 0.4) is 0 Å². The molecule has 0 aliphatic heterocycles. The number of oxime groups is 1. The molecule has 12 heavy (non-hydrogen) atoms. The summed E-state index contributed by atoms with van der Waals surface area (Å²) in [6.07, 6.45) is 1.26. The first-order valence-electron chi connectivity index (χ1n) is 3.17. The molecule has 0 fully saturated rings. The summed E-state index contributed by atoms with van der Waals surface area (Å²) < 4.78 is 24.8. The summed E-state index contributed by atoms with van der Waals surface area (Å²) in [6.45, 7) is 0. The second kappa shape index (κ2) is 3.80. The van der Waals surface area contributed by atoms with Crippen LogP contribution in [0.4, 0.5) is 8.78 Å². The molecule has 0 spiro atoms. The van der Waals surface area contributed by atoms with Crippen LogP contribution in [-0.2, 0) is 4.84 Å². The van der Waals surface area contributed by atoms with Crippen LogP contribution in [-0.4, -0.2) is 13.3 Å². The lowest BCUT2D eigenvalue weighted by atomic mass is 10.2. The predicted molar refractivity (Wildman–Crippen MR) is 39.8 cm³/mol. The largest absolute Gasteiger partial charge is 0.399 e. The van der Waals surface area contributed by atoms with Crippen LogP contribution in [0, 0.1) is 17.7 Å². The molecule has 1 aromatic rings. The van der Waals surface area contributed by atoms with Crippen LogP contribution in [0.15, 0.2) is 17.3 Å². The van der Waals surface area contributed by atoms with Crippen LogP contribution in [0.2, 0.25) is 0 Å². The molecular formula is C8H6F2NO. The summed E-state index contributed by atoms with van der Waals surface area (Å²) in [5.41, 5.74) is 0.399. The predicted octanol–water partition coefficient (Wildman–Crippen LogP) is 1.75. The highest BCUT2D eigenvalue weighted by Gasteiger charge is 2.00. The second-order valence-electron chi connectivity index (χ2n) is 2.01. The molecule has 0 atom stereocenters. The van der Waals surface area contributed by atoms with Gasteiger partial charge in [-0.05, 0) is 17.7 Å². The molecule has 1 radical (unpaired) electrons.